The van der Waals surface area contributed by atoms with Crippen LogP contribution < -0.4 is 9.46 Å². The zero-order valence-corrected chi connectivity index (χ0v) is 11.5. The summed E-state index contributed by atoms with van der Waals surface area (Å²) in [5, 5.41) is 7.73. The lowest BCUT2D eigenvalue weighted by molar-refractivity contribution is 0.400. The van der Waals surface area contributed by atoms with Gasteiger partial charge in [0.05, 0.1) is 25.3 Å². The number of aryl methyl sites for hydroxylation is 1. The number of pyridine rings is 1. The van der Waals surface area contributed by atoms with Crippen molar-refractivity contribution in [1.82, 2.24) is 20.0 Å². The third-order valence-corrected chi connectivity index (χ3v) is 2.80. The van der Waals surface area contributed by atoms with Crippen LogP contribution in [0.25, 0.3) is 11.4 Å². The Morgan fingerprint density at radius 1 is 1.32 bits per heavy atom. The first kappa shape index (κ1) is 13.3. The molecule has 2 rings (SSSR count). The first-order valence-corrected chi connectivity index (χ1v) is 7.18. The van der Waals surface area contributed by atoms with Gasteiger partial charge < -0.3 is 4.74 Å². The van der Waals surface area contributed by atoms with E-state index in [9.17, 15) is 8.42 Å². The lowest BCUT2D eigenvalue weighted by Gasteiger charge is -2.09. The maximum atomic E-state index is 11.2. The molecule has 2 aromatic rings. The normalized spacial score (nSPS) is 11.3. The molecule has 0 saturated carbocycles. The van der Waals surface area contributed by atoms with E-state index in [-0.39, 0.29) is 11.6 Å². The molecule has 102 valence electrons. The van der Waals surface area contributed by atoms with E-state index in [4.69, 9.17) is 4.74 Å². The monoisotopic (exact) mass is 283 g/mol. The molecule has 0 fully saturated rings. The van der Waals surface area contributed by atoms with Gasteiger partial charge in [-0.25, -0.2) is 13.4 Å². The van der Waals surface area contributed by atoms with Gasteiger partial charge in [-0.1, -0.05) is 5.21 Å². The molecule has 2 aromatic heterocycles. The molecule has 0 aliphatic carbocycles. The maximum absolute atomic E-state index is 11.2. The molecule has 0 aliphatic heterocycles. The Morgan fingerprint density at radius 3 is 2.58 bits per heavy atom. The first-order chi connectivity index (χ1) is 8.89. The third-order valence-electron chi connectivity index (χ3n) is 2.21. The quantitative estimate of drug-likeness (QED) is 0.864. The lowest BCUT2D eigenvalue weighted by Crippen LogP contribution is -2.11. The van der Waals surface area contributed by atoms with Crippen molar-refractivity contribution in [2.75, 3.05) is 18.1 Å². The zero-order valence-electron chi connectivity index (χ0n) is 10.7. The highest BCUT2D eigenvalue weighted by Gasteiger charge is 2.12. The van der Waals surface area contributed by atoms with E-state index in [0.29, 0.717) is 11.4 Å². The Morgan fingerprint density at radius 2 is 2.05 bits per heavy atom. The average Bonchev–Trinajstić information content (AvgIpc) is 2.74. The van der Waals surface area contributed by atoms with Crippen LogP contribution in [0, 0.1) is 0 Å². The van der Waals surface area contributed by atoms with Crippen molar-refractivity contribution in [3.05, 3.63) is 18.3 Å². The number of hydrogen-bond acceptors (Lipinski definition) is 6. The number of methoxy groups -OCH3 is 1. The van der Waals surface area contributed by atoms with Crippen LogP contribution in [0.4, 0.5) is 5.69 Å². The predicted molar refractivity (Wildman–Crippen MR) is 69.3 cm³/mol. The van der Waals surface area contributed by atoms with Crippen molar-refractivity contribution in [2.45, 2.75) is 0 Å². The predicted octanol–water partition coefficient (Wildman–Crippen LogP) is 0.257. The summed E-state index contributed by atoms with van der Waals surface area (Å²) in [6.07, 6.45) is 2.76. The van der Waals surface area contributed by atoms with E-state index in [2.05, 4.69) is 20.0 Å². The maximum Gasteiger partial charge on any atom is 0.238 e. The van der Waals surface area contributed by atoms with Gasteiger partial charge in [0.2, 0.25) is 15.9 Å². The summed E-state index contributed by atoms with van der Waals surface area (Å²) in [6.45, 7) is 0. The van der Waals surface area contributed by atoms with Gasteiger partial charge in [-0.3, -0.25) is 9.40 Å². The van der Waals surface area contributed by atoms with Crippen molar-refractivity contribution >= 4 is 15.7 Å². The van der Waals surface area contributed by atoms with E-state index >= 15 is 0 Å². The Kier molecular flexibility index (Phi) is 3.38. The SMILES string of the molecule is COc1nc(-c2cn(C)nn2)ccc1NS(C)(=O)=O. The van der Waals surface area contributed by atoms with Crippen LogP contribution in [-0.2, 0) is 17.1 Å². The highest BCUT2D eigenvalue weighted by Crippen LogP contribution is 2.26. The Balaban J connectivity index is 2.41. The Hall–Kier alpha value is -2.16. The van der Waals surface area contributed by atoms with Gasteiger partial charge in [0.25, 0.3) is 0 Å². The standard InChI is InChI=1S/C10H13N5O3S/c1-15-6-9(12-14-15)7-4-5-8(10(11-7)18-2)13-19(3,16)17/h4-6,13H,1-3H3. The summed E-state index contributed by atoms with van der Waals surface area (Å²) in [7, 11) is -0.229. The molecule has 19 heavy (non-hydrogen) atoms. The molecule has 0 unspecified atom stereocenters. The molecular weight excluding hydrogens is 270 g/mol. The van der Waals surface area contributed by atoms with E-state index in [0.717, 1.165) is 6.26 Å². The van der Waals surface area contributed by atoms with E-state index in [1.165, 1.54) is 7.11 Å². The molecule has 0 saturated heterocycles. The fraction of sp³-hybridized carbons (Fsp3) is 0.300. The molecule has 0 aliphatic rings. The molecule has 1 N–H and O–H groups in total. The van der Waals surface area contributed by atoms with Crippen molar-refractivity contribution in [1.29, 1.82) is 0 Å². The topological polar surface area (TPSA) is 99.0 Å². The molecule has 9 heteroatoms. The van der Waals surface area contributed by atoms with E-state index in [1.807, 2.05) is 0 Å². The molecule has 0 amide bonds. The third kappa shape index (κ3) is 3.19. The second-order valence-corrected chi connectivity index (χ2v) is 5.65. The van der Waals surface area contributed by atoms with Gasteiger partial charge in [-0.2, -0.15) is 0 Å². The van der Waals surface area contributed by atoms with Crippen LogP contribution in [-0.4, -0.2) is 41.8 Å². The molecule has 0 radical (unpaired) electrons. The average molecular weight is 283 g/mol. The number of sulfonamides is 1. The highest BCUT2D eigenvalue weighted by atomic mass is 32.2. The van der Waals surface area contributed by atoms with Crippen LogP contribution in [0.1, 0.15) is 0 Å². The van der Waals surface area contributed by atoms with E-state index < -0.39 is 10.0 Å². The Bertz CT molecular complexity index is 695. The lowest BCUT2D eigenvalue weighted by atomic mass is 10.3. The number of rotatable bonds is 4. The van der Waals surface area contributed by atoms with Crippen LogP contribution in [0.2, 0.25) is 0 Å². The van der Waals surface area contributed by atoms with Crippen LogP contribution in [0.3, 0.4) is 0 Å². The number of anilines is 1. The molecule has 0 aromatic carbocycles. The fourth-order valence-electron chi connectivity index (χ4n) is 1.48. The summed E-state index contributed by atoms with van der Waals surface area (Å²) in [5.74, 6) is 0.175. The first-order valence-electron chi connectivity index (χ1n) is 5.28. The number of nitrogens with zero attached hydrogens (tertiary/aromatic N) is 4. The van der Waals surface area contributed by atoms with Gasteiger partial charge >= 0.3 is 0 Å². The molecule has 2 heterocycles. The molecular formula is C10H13N5O3S. The number of aromatic nitrogens is 4. The largest absolute Gasteiger partial charge is 0.479 e. The van der Waals surface area contributed by atoms with Gasteiger partial charge in [-0.15, -0.1) is 5.10 Å². The minimum atomic E-state index is -3.39. The Labute approximate surface area is 110 Å². The van der Waals surface area contributed by atoms with Crippen molar-refractivity contribution < 1.29 is 13.2 Å². The summed E-state index contributed by atoms with van der Waals surface area (Å²) < 4.78 is 31.4. The fourth-order valence-corrected chi connectivity index (χ4v) is 2.04. The summed E-state index contributed by atoms with van der Waals surface area (Å²) >= 11 is 0. The molecule has 0 bridgehead atoms. The highest BCUT2D eigenvalue weighted by molar-refractivity contribution is 7.92. The zero-order chi connectivity index (χ0) is 14.0. The van der Waals surface area contributed by atoms with Crippen LogP contribution >= 0.6 is 0 Å². The van der Waals surface area contributed by atoms with Gasteiger partial charge in [0.15, 0.2) is 0 Å². The summed E-state index contributed by atoms with van der Waals surface area (Å²) in [5.41, 5.74) is 1.40. The summed E-state index contributed by atoms with van der Waals surface area (Å²) in [4.78, 5) is 4.19. The van der Waals surface area contributed by atoms with Crippen molar-refractivity contribution in [3.63, 3.8) is 0 Å². The summed E-state index contributed by atoms with van der Waals surface area (Å²) in [6, 6.07) is 3.21. The van der Waals surface area contributed by atoms with E-state index in [1.54, 1.807) is 30.1 Å². The molecule has 0 spiro atoms. The van der Waals surface area contributed by atoms with Gasteiger partial charge in [0, 0.05) is 7.05 Å². The number of hydrogen-bond donors (Lipinski definition) is 1. The smallest absolute Gasteiger partial charge is 0.238 e. The van der Waals surface area contributed by atoms with Crippen molar-refractivity contribution in [2.24, 2.45) is 7.05 Å². The molecule has 0 atom stereocenters. The van der Waals surface area contributed by atoms with Crippen LogP contribution in [0.15, 0.2) is 18.3 Å². The van der Waals surface area contributed by atoms with Gasteiger partial charge in [-0.05, 0) is 12.1 Å². The number of ether oxygens (including phenoxy) is 1. The number of nitrogens with one attached hydrogen (secondary N) is 1. The second kappa shape index (κ2) is 4.84. The van der Waals surface area contributed by atoms with Gasteiger partial charge in [0.1, 0.15) is 11.4 Å². The second-order valence-electron chi connectivity index (χ2n) is 3.91. The van der Waals surface area contributed by atoms with Crippen molar-refractivity contribution in [3.8, 4) is 17.3 Å². The molecule has 8 nitrogen and oxygen atoms in total. The minimum absolute atomic E-state index is 0.175. The minimum Gasteiger partial charge on any atom is -0.479 e. The van der Waals surface area contributed by atoms with Crippen LogP contribution in [0.5, 0.6) is 5.88 Å².